The molecule has 0 bridgehead atoms. The van der Waals surface area contributed by atoms with Gasteiger partial charge in [0.1, 0.15) is 5.75 Å². The Morgan fingerprint density at radius 2 is 1.93 bits per heavy atom. The summed E-state index contributed by atoms with van der Waals surface area (Å²) in [4.78, 5) is 18.4. The van der Waals surface area contributed by atoms with Gasteiger partial charge in [-0.15, -0.1) is 0 Å². The maximum atomic E-state index is 13.1. The number of fused-ring (bicyclic) bond motifs is 3. The van der Waals surface area contributed by atoms with Crippen LogP contribution in [0.25, 0.3) is 27.8 Å². The van der Waals surface area contributed by atoms with Crippen molar-refractivity contribution in [3.05, 3.63) is 85.4 Å². The Morgan fingerprint density at radius 3 is 2.70 bits per heavy atom. The molecule has 30 heavy (non-hydrogen) atoms. The molecule has 0 amide bonds. The second-order valence-corrected chi connectivity index (χ2v) is 8.53. The highest BCUT2D eigenvalue weighted by atomic mass is 35.5. The van der Waals surface area contributed by atoms with Crippen molar-refractivity contribution >= 4 is 45.0 Å². The molecule has 0 fully saturated rings. The summed E-state index contributed by atoms with van der Waals surface area (Å²) in [6, 6.07) is 15.5. The van der Waals surface area contributed by atoms with E-state index in [0.29, 0.717) is 20.3 Å². The molecule has 0 spiro atoms. The highest BCUT2D eigenvalue weighted by Gasteiger charge is 2.14. The average Bonchev–Trinajstić information content (AvgIpc) is 3.33. The van der Waals surface area contributed by atoms with Crippen molar-refractivity contribution < 1.29 is 4.74 Å². The van der Waals surface area contributed by atoms with Gasteiger partial charge in [-0.2, -0.15) is 0 Å². The van der Waals surface area contributed by atoms with Crippen molar-refractivity contribution in [2.24, 2.45) is 0 Å². The first kappa shape index (κ1) is 18.9. The van der Waals surface area contributed by atoms with Gasteiger partial charge in [0.2, 0.25) is 0 Å². The minimum absolute atomic E-state index is 0.0407. The van der Waals surface area contributed by atoms with Gasteiger partial charge in [0.15, 0.2) is 4.96 Å². The van der Waals surface area contributed by atoms with Crippen LogP contribution >= 0.6 is 22.9 Å². The molecule has 0 aliphatic heterocycles. The largest absolute Gasteiger partial charge is 0.495 e. The van der Waals surface area contributed by atoms with Crippen LogP contribution < -0.4 is 14.8 Å². The number of hydrogen-bond donors (Lipinski definition) is 0. The molecule has 5 rings (SSSR count). The van der Waals surface area contributed by atoms with E-state index in [9.17, 15) is 4.79 Å². The molecular weight excluding hydrogens is 418 g/mol. The molecule has 2 aromatic carbocycles. The molecule has 0 aliphatic carbocycles. The molecule has 0 aliphatic rings. The normalized spacial score (nSPS) is 12.3. The molecule has 3 heterocycles. The topological polar surface area (TPSA) is 48.5 Å². The molecule has 5 nitrogen and oxygen atoms in total. The van der Waals surface area contributed by atoms with E-state index in [2.05, 4.69) is 15.6 Å². The van der Waals surface area contributed by atoms with Crippen molar-refractivity contribution in [1.29, 1.82) is 0 Å². The fraction of sp³-hybridized carbons (Fsp3) is 0.130. The van der Waals surface area contributed by atoms with E-state index in [-0.39, 0.29) is 5.56 Å². The van der Waals surface area contributed by atoms with Gasteiger partial charge in [-0.1, -0.05) is 35.1 Å². The minimum atomic E-state index is -0.0407. The summed E-state index contributed by atoms with van der Waals surface area (Å²) in [6.07, 6.45) is 1.94. The molecule has 0 saturated carbocycles. The lowest BCUT2D eigenvalue weighted by atomic mass is 10.2. The van der Waals surface area contributed by atoms with Crippen LogP contribution in [0.1, 0.15) is 17.0 Å². The summed E-state index contributed by atoms with van der Waals surface area (Å²) >= 11 is 7.73. The number of methoxy groups -OCH3 is 1. The van der Waals surface area contributed by atoms with E-state index in [1.165, 1.54) is 11.3 Å². The molecule has 0 N–H and O–H groups in total. The molecule has 3 aromatic heterocycles. The third-order valence-electron chi connectivity index (χ3n) is 5.30. The third-order valence-corrected chi connectivity index (χ3v) is 6.56. The number of hydrogen-bond acceptors (Lipinski definition) is 4. The fourth-order valence-electron chi connectivity index (χ4n) is 3.88. The van der Waals surface area contributed by atoms with Gasteiger partial charge in [-0.3, -0.25) is 4.79 Å². The number of rotatable bonds is 3. The zero-order chi connectivity index (χ0) is 21.0. The molecule has 5 aromatic rings. The van der Waals surface area contributed by atoms with E-state index in [1.807, 2.05) is 62.4 Å². The summed E-state index contributed by atoms with van der Waals surface area (Å²) in [5.74, 6) is 0.639. The number of nitrogens with zero attached hydrogens (tertiary/aromatic N) is 3. The molecule has 7 heteroatoms. The van der Waals surface area contributed by atoms with Gasteiger partial charge >= 0.3 is 0 Å². The Bertz CT molecular complexity index is 1540. The summed E-state index contributed by atoms with van der Waals surface area (Å²) in [7, 11) is 1.60. The summed E-state index contributed by atoms with van der Waals surface area (Å²) in [6.45, 7) is 4.07. The number of imidazole rings is 1. The van der Waals surface area contributed by atoms with E-state index in [1.54, 1.807) is 11.5 Å². The molecule has 0 saturated heterocycles. The number of para-hydroxylation sites is 2. The SMILES string of the molecule is COc1ccc(-n2c(C)cc(/C=c3/sc4nc5ccccc5n4c3=O)c2C)cc1Cl. The number of halogens is 1. The summed E-state index contributed by atoms with van der Waals surface area (Å²) in [5, 5.41) is 0.557. The minimum Gasteiger partial charge on any atom is -0.495 e. The second kappa shape index (κ2) is 7.00. The van der Waals surface area contributed by atoms with E-state index in [4.69, 9.17) is 16.3 Å². The smallest absolute Gasteiger partial charge is 0.274 e. The van der Waals surface area contributed by atoms with Gasteiger partial charge in [-0.25, -0.2) is 9.38 Å². The molecule has 0 radical (unpaired) electrons. The van der Waals surface area contributed by atoms with Gasteiger partial charge in [-0.05, 0) is 61.9 Å². The number of aryl methyl sites for hydroxylation is 1. The monoisotopic (exact) mass is 435 g/mol. The second-order valence-electron chi connectivity index (χ2n) is 7.12. The van der Waals surface area contributed by atoms with Crippen LogP contribution in [0, 0.1) is 13.8 Å². The molecule has 0 atom stereocenters. The van der Waals surface area contributed by atoms with Crippen LogP contribution in [0.5, 0.6) is 5.75 Å². The molecular formula is C23H18ClN3O2S. The van der Waals surface area contributed by atoms with Gasteiger partial charge < -0.3 is 9.30 Å². The van der Waals surface area contributed by atoms with Gasteiger partial charge in [0, 0.05) is 17.1 Å². The van der Waals surface area contributed by atoms with Crippen molar-refractivity contribution in [3.8, 4) is 11.4 Å². The number of ether oxygens (including phenoxy) is 1. The predicted molar refractivity (Wildman–Crippen MR) is 122 cm³/mol. The Hall–Kier alpha value is -3.09. The average molecular weight is 436 g/mol. The maximum absolute atomic E-state index is 13.1. The predicted octanol–water partition coefficient (Wildman–Crippen LogP) is 4.53. The first-order valence-electron chi connectivity index (χ1n) is 9.42. The van der Waals surface area contributed by atoms with E-state index in [0.717, 1.165) is 33.7 Å². The Kier molecular flexibility index (Phi) is 4.41. The summed E-state index contributed by atoms with van der Waals surface area (Å²) in [5.41, 5.74) is 5.66. The van der Waals surface area contributed by atoms with Crippen LogP contribution in [-0.4, -0.2) is 21.1 Å². The fourth-order valence-corrected chi connectivity index (χ4v) is 5.11. The zero-order valence-corrected chi connectivity index (χ0v) is 18.2. The quantitative estimate of drug-likeness (QED) is 0.418. The number of thiazole rings is 1. The molecule has 0 unspecified atom stereocenters. The Balaban J connectivity index is 1.67. The first-order chi connectivity index (χ1) is 14.5. The Morgan fingerprint density at radius 1 is 1.13 bits per heavy atom. The van der Waals surface area contributed by atoms with Gasteiger partial charge in [0.25, 0.3) is 5.56 Å². The van der Waals surface area contributed by atoms with Crippen LogP contribution in [0.15, 0.2) is 53.3 Å². The lowest BCUT2D eigenvalue weighted by Crippen LogP contribution is -2.22. The number of aromatic nitrogens is 3. The third kappa shape index (κ3) is 2.83. The highest BCUT2D eigenvalue weighted by molar-refractivity contribution is 7.15. The van der Waals surface area contributed by atoms with Crippen molar-refractivity contribution in [1.82, 2.24) is 14.0 Å². The summed E-state index contributed by atoms with van der Waals surface area (Å²) < 4.78 is 9.73. The zero-order valence-electron chi connectivity index (χ0n) is 16.6. The maximum Gasteiger partial charge on any atom is 0.274 e. The Labute approximate surface area is 181 Å². The van der Waals surface area contributed by atoms with E-state index >= 15 is 0 Å². The van der Waals surface area contributed by atoms with Crippen molar-refractivity contribution in [3.63, 3.8) is 0 Å². The van der Waals surface area contributed by atoms with Gasteiger partial charge in [0.05, 0.1) is 27.7 Å². The lowest BCUT2D eigenvalue weighted by molar-refractivity contribution is 0.415. The van der Waals surface area contributed by atoms with Crippen LogP contribution in [0.2, 0.25) is 5.02 Å². The highest BCUT2D eigenvalue weighted by Crippen LogP contribution is 2.29. The van der Waals surface area contributed by atoms with Crippen molar-refractivity contribution in [2.75, 3.05) is 7.11 Å². The standard InChI is InChI=1S/C23H18ClN3O2S/c1-13-10-15(14(2)26(13)16-8-9-20(29-3)17(24)12-16)11-21-22(28)27-19-7-5-4-6-18(19)25-23(27)30-21/h4-12H,1-3H3/b21-11+. The first-order valence-corrected chi connectivity index (χ1v) is 10.6. The van der Waals surface area contributed by atoms with E-state index < -0.39 is 0 Å². The van der Waals surface area contributed by atoms with Crippen molar-refractivity contribution in [2.45, 2.75) is 13.8 Å². The number of benzene rings is 2. The van der Waals surface area contributed by atoms with Crippen LogP contribution in [0.4, 0.5) is 0 Å². The lowest BCUT2D eigenvalue weighted by Gasteiger charge is -2.11. The van der Waals surface area contributed by atoms with Crippen LogP contribution in [0.3, 0.4) is 0 Å². The molecule has 150 valence electrons. The van der Waals surface area contributed by atoms with Crippen LogP contribution in [-0.2, 0) is 0 Å².